The van der Waals surface area contributed by atoms with Gasteiger partial charge in [-0.15, -0.1) is 11.3 Å². The number of rotatable bonds is 6. The van der Waals surface area contributed by atoms with Crippen LogP contribution in [0, 0.1) is 24.2 Å². The molecular weight excluding hydrogens is 370 g/mol. The molecule has 3 rings (SSSR count). The van der Waals surface area contributed by atoms with Crippen LogP contribution in [0.1, 0.15) is 34.8 Å². The van der Waals surface area contributed by atoms with Crippen molar-refractivity contribution in [2.45, 2.75) is 20.8 Å². The van der Waals surface area contributed by atoms with Crippen molar-refractivity contribution in [3.8, 4) is 22.4 Å². The van der Waals surface area contributed by atoms with Gasteiger partial charge in [0.1, 0.15) is 21.7 Å². The van der Waals surface area contributed by atoms with Crippen LogP contribution in [0.3, 0.4) is 0 Å². The van der Waals surface area contributed by atoms with Crippen LogP contribution < -0.4 is 10.1 Å². The number of aromatic nitrogens is 1. The molecule has 28 heavy (non-hydrogen) atoms. The Hall–Kier alpha value is -3.17. The molecule has 5 nitrogen and oxygen atoms in total. The number of carbonyl (C=O) groups is 1. The number of benzene rings is 2. The van der Waals surface area contributed by atoms with Crippen molar-refractivity contribution in [1.29, 1.82) is 5.26 Å². The third kappa shape index (κ3) is 4.56. The highest BCUT2D eigenvalue weighted by Crippen LogP contribution is 2.31. The summed E-state index contributed by atoms with van der Waals surface area (Å²) < 4.78 is 5.71. The molecule has 0 unspecified atom stereocenters. The number of carbonyl (C=O) groups excluding carboxylic acids is 1. The Labute approximate surface area is 168 Å². The normalized spacial score (nSPS) is 10.5. The number of amides is 1. The Kier molecular flexibility index (Phi) is 6.07. The second-order valence-electron chi connectivity index (χ2n) is 6.78. The maximum atomic E-state index is 12.6. The van der Waals surface area contributed by atoms with Crippen molar-refractivity contribution >= 4 is 22.9 Å². The number of anilines is 1. The number of ether oxygens (including phenoxy) is 1. The first-order valence-electron chi connectivity index (χ1n) is 8.99. The quantitative estimate of drug-likeness (QED) is 0.620. The van der Waals surface area contributed by atoms with E-state index in [1.165, 1.54) is 11.3 Å². The van der Waals surface area contributed by atoms with E-state index in [9.17, 15) is 10.1 Å². The number of thiazole rings is 1. The molecule has 1 N–H and O–H groups in total. The highest BCUT2D eigenvalue weighted by Gasteiger charge is 2.17. The van der Waals surface area contributed by atoms with Crippen molar-refractivity contribution in [3.63, 3.8) is 0 Å². The summed E-state index contributed by atoms with van der Waals surface area (Å²) in [5.41, 5.74) is 2.65. The van der Waals surface area contributed by atoms with Gasteiger partial charge in [0.2, 0.25) is 0 Å². The number of hydrogen-bond acceptors (Lipinski definition) is 5. The summed E-state index contributed by atoms with van der Waals surface area (Å²) in [6.07, 6.45) is 0. The maximum Gasteiger partial charge on any atom is 0.267 e. The highest BCUT2D eigenvalue weighted by molar-refractivity contribution is 7.17. The zero-order valence-corrected chi connectivity index (χ0v) is 16.8. The standard InChI is InChI=1S/C22H21N3O2S/c1-14(2)13-27-19-10-9-16(11-17(19)12-23)22-24-15(3)20(28-22)21(26)25-18-7-5-4-6-8-18/h4-11,14H,13H2,1-3H3,(H,25,26). The molecule has 0 radical (unpaired) electrons. The predicted molar refractivity (Wildman–Crippen MR) is 112 cm³/mol. The first-order valence-corrected chi connectivity index (χ1v) is 9.80. The molecular formula is C22H21N3O2S. The summed E-state index contributed by atoms with van der Waals surface area (Å²) in [7, 11) is 0. The van der Waals surface area contributed by atoms with Crippen LogP contribution in [-0.2, 0) is 0 Å². The van der Waals surface area contributed by atoms with Crippen LogP contribution in [-0.4, -0.2) is 17.5 Å². The van der Waals surface area contributed by atoms with Crippen LogP contribution in [0.4, 0.5) is 5.69 Å². The molecule has 0 aliphatic carbocycles. The molecule has 2 aromatic carbocycles. The number of nitrogens with one attached hydrogen (secondary N) is 1. The number of nitriles is 1. The van der Waals surface area contributed by atoms with E-state index in [2.05, 4.69) is 30.2 Å². The minimum Gasteiger partial charge on any atom is -0.492 e. The second kappa shape index (κ2) is 8.68. The first kappa shape index (κ1) is 19.6. The molecule has 3 aromatic rings. The van der Waals surface area contributed by atoms with E-state index in [-0.39, 0.29) is 5.91 Å². The van der Waals surface area contributed by atoms with E-state index < -0.39 is 0 Å². The molecule has 6 heteroatoms. The van der Waals surface area contributed by atoms with E-state index in [4.69, 9.17) is 4.74 Å². The van der Waals surface area contributed by atoms with E-state index >= 15 is 0 Å². The molecule has 1 heterocycles. The van der Waals surface area contributed by atoms with Gasteiger partial charge in [0.05, 0.1) is 17.9 Å². The van der Waals surface area contributed by atoms with Gasteiger partial charge < -0.3 is 10.1 Å². The minimum absolute atomic E-state index is 0.190. The molecule has 0 spiro atoms. The molecule has 1 aromatic heterocycles. The highest BCUT2D eigenvalue weighted by atomic mass is 32.1. The third-order valence-electron chi connectivity index (χ3n) is 3.95. The lowest BCUT2D eigenvalue weighted by Gasteiger charge is -2.10. The van der Waals surface area contributed by atoms with E-state index in [1.807, 2.05) is 43.3 Å². The number of nitrogens with zero attached hydrogens (tertiary/aromatic N) is 2. The SMILES string of the molecule is Cc1nc(-c2ccc(OCC(C)C)c(C#N)c2)sc1C(=O)Nc1ccccc1. The topological polar surface area (TPSA) is 75.0 Å². The Bertz CT molecular complexity index is 1020. The van der Waals surface area contributed by atoms with Gasteiger partial charge in [0.25, 0.3) is 5.91 Å². The summed E-state index contributed by atoms with van der Waals surface area (Å²) in [6, 6.07) is 16.9. The largest absolute Gasteiger partial charge is 0.492 e. The lowest BCUT2D eigenvalue weighted by atomic mass is 10.1. The molecule has 0 aliphatic heterocycles. The van der Waals surface area contributed by atoms with Gasteiger partial charge >= 0.3 is 0 Å². The summed E-state index contributed by atoms with van der Waals surface area (Å²) in [5, 5.41) is 13.0. The molecule has 0 saturated heterocycles. The van der Waals surface area contributed by atoms with Crippen LogP contribution in [0.2, 0.25) is 0 Å². The monoisotopic (exact) mass is 391 g/mol. The Morgan fingerprint density at radius 2 is 2.00 bits per heavy atom. The van der Waals surface area contributed by atoms with Crippen molar-refractivity contribution in [1.82, 2.24) is 4.98 Å². The fourth-order valence-electron chi connectivity index (χ4n) is 2.57. The second-order valence-corrected chi connectivity index (χ2v) is 7.78. The van der Waals surface area contributed by atoms with Crippen molar-refractivity contribution in [2.24, 2.45) is 5.92 Å². The van der Waals surface area contributed by atoms with E-state index in [1.54, 1.807) is 12.1 Å². The number of aryl methyl sites for hydroxylation is 1. The zero-order chi connectivity index (χ0) is 20.1. The van der Waals surface area contributed by atoms with E-state index in [0.29, 0.717) is 39.4 Å². The summed E-state index contributed by atoms with van der Waals surface area (Å²) >= 11 is 1.31. The van der Waals surface area contributed by atoms with Crippen molar-refractivity contribution in [3.05, 3.63) is 64.7 Å². The maximum absolute atomic E-state index is 12.6. The van der Waals surface area contributed by atoms with Crippen LogP contribution in [0.15, 0.2) is 48.5 Å². The number of hydrogen-bond donors (Lipinski definition) is 1. The van der Waals surface area contributed by atoms with Gasteiger partial charge in [-0.05, 0) is 43.2 Å². The lowest BCUT2D eigenvalue weighted by Crippen LogP contribution is -2.11. The van der Waals surface area contributed by atoms with Crippen LogP contribution >= 0.6 is 11.3 Å². The molecule has 0 atom stereocenters. The van der Waals surface area contributed by atoms with Gasteiger partial charge in [0, 0.05) is 11.3 Å². The van der Waals surface area contributed by atoms with Crippen molar-refractivity contribution < 1.29 is 9.53 Å². The van der Waals surface area contributed by atoms with Crippen LogP contribution in [0.5, 0.6) is 5.75 Å². The van der Waals surface area contributed by atoms with Crippen LogP contribution in [0.25, 0.3) is 10.6 Å². The van der Waals surface area contributed by atoms with Gasteiger partial charge in [-0.3, -0.25) is 4.79 Å². The summed E-state index contributed by atoms with van der Waals surface area (Å²) in [6.45, 7) is 6.47. The lowest BCUT2D eigenvalue weighted by molar-refractivity contribution is 0.103. The fraction of sp³-hybridized carbons (Fsp3) is 0.227. The van der Waals surface area contributed by atoms with Gasteiger partial charge in [-0.1, -0.05) is 32.0 Å². The molecule has 0 aliphatic rings. The Balaban J connectivity index is 1.84. The van der Waals surface area contributed by atoms with Gasteiger partial charge in [0.15, 0.2) is 0 Å². The fourth-order valence-corrected chi connectivity index (χ4v) is 3.53. The predicted octanol–water partition coefficient (Wildman–Crippen LogP) is 5.28. The zero-order valence-electron chi connectivity index (χ0n) is 16.0. The first-order chi connectivity index (χ1) is 13.5. The average molecular weight is 391 g/mol. The Morgan fingerprint density at radius 1 is 1.25 bits per heavy atom. The Morgan fingerprint density at radius 3 is 2.68 bits per heavy atom. The molecule has 142 valence electrons. The van der Waals surface area contributed by atoms with Gasteiger partial charge in [-0.25, -0.2) is 4.98 Å². The summed E-state index contributed by atoms with van der Waals surface area (Å²) in [5.74, 6) is 0.749. The number of para-hydroxylation sites is 1. The molecule has 0 fully saturated rings. The minimum atomic E-state index is -0.190. The smallest absolute Gasteiger partial charge is 0.267 e. The molecule has 1 amide bonds. The van der Waals surface area contributed by atoms with Gasteiger partial charge in [-0.2, -0.15) is 5.26 Å². The van der Waals surface area contributed by atoms with E-state index in [0.717, 1.165) is 11.3 Å². The summed E-state index contributed by atoms with van der Waals surface area (Å²) in [4.78, 5) is 17.7. The van der Waals surface area contributed by atoms with Crippen molar-refractivity contribution in [2.75, 3.05) is 11.9 Å². The average Bonchev–Trinajstić information content (AvgIpc) is 3.08. The molecule has 0 bridgehead atoms. The molecule has 0 saturated carbocycles. The third-order valence-corrected chi connectivity index (χ3v) is 5.16.